The molecule has 2 fully saturated rings. The van der Waals surface area contributed by atoms with Crippen molar-refractivity contribution in [3.63, 3.8) is 0 Å². The summed E-state index contributed by atoms with van der Waals surface area (Å²) in [5, 5.41) is 3.29. The lowest BCUT2D eigenvalue weighted by atomic mass is 9.94. The number of likely N-dealkylation sites (tertiary alicyclic amines) is 2. The highest BCUT2D eigenvalue weighted by Gasteiger charge is 2.27. The highest BCUT2D eigenvalue weighted by molar-refractivity contribution is 5.78. The average molecular weight is 426 g/mol. The first kappa shape index (κ1) is 20.3. The fourth-order valence-corrected chi connectivity index (χ4v) is 5.36. The zero-order chi connectivity index (χ0) is 21.4. The maximum Gasteiger partial charge on any atom is 0.276 e. The van der Waals surface area contributed by atoms with E-state index in [1.54, 1.807) is 4.52 Å². The van der Waals surface area contributed by atoms with Crippen molar-refractivity contribution in [2.75, 3.05) is 26.2 Å². The molecule has 8 heteroatoms. The van der Waals surface area contributed by atoms with Gasteiger partial charge >= 0.3 is 0 Å². The molecule has 2 aliphatic heterocycles. The zero-order valence-electron chi connectivity index (χ0n) is 18.1. The van der Waals surface area contributed by atoms with Crippen molar-refractivity contribution in [2.24, 2.45) is 0 Å². The van der Waals surface area contributed by atoms with Gasteiger partial charge < -0.3 is 9.80 Å². The molecular weight excluding hydrogens is 394 g/mol. The summed E-state index contributed by atoms with van der Waals surface area (Å²) in [6, 6.07) is 1.99. The Hall–Kier alpha value is -2.64. The van der Waals surface area contributed by atoms with Crippen LogP contribution >= 0.6 is 0 Å². The van der Waals surface area contributed by atoms with E-state index in [0.29, 0.717) is 31.6 Å². The van der Waals surface area contributed by atoms with Gasteiger partial charge in [0.05, 0.1) is 5.69 Å². The number of aromatic nitrogens is 3. The smallest absolute Gasteiger partial charge is 0.276 e. The monoisotopic (exact) mass is 425 g/mol. The van der Waals surface area contributed by atoms with Crippen molar-refractivity contribution in [3.8, 4) is 0 Å². The Morgan fingerprint density at radius 3 is 2.81 bits per heavy atom. The van der Waals surface area contributed by atoms with Crippen molar-refractivity contribution in [1.82, 2.24) is 24.4 Å². The van der Waals surface area contributed by atoms with Crippen molar-refractivity contribution < 1.29 is 9.59 Å². The Morgan fingerprint density at radius 2 is 1.97 bits per heavy atom. The standard InChI is InChI=1S/C23H31N5O3/c29-21-9-4-11-26(21)12-5-10-22(30)27-13-3-6-16(15-27)19-14-20-24-18-8-2-1-7-17(18)23(31)28(20)25-19/h14,16,25H,1-13,15H2. The second-order valence-corrected chi connectivity index (χ2v) is 9.22. The topological polar surface area (TPSA) is 90.8 Å². The Morgan fingerprint density at radius 1 is 1.10 bits per heavy atom. The van der Waals surface area contributed by atoms with Gasteiger partial charge in [0.1, 0.15) is 0 Å². The number of H-pyrrole nitrogens is 1. The van der Waals surface area contributed by atoms with Crippen LogP contribution in [0.5, 0.6) is 0 Å². The van der Waals surface area contributed by atoms with Crippen LogP contribution in [0.3, 0.4) is 0 Å². The minimum Gasteiger partial charge on any atom is -0.343 e. The molecule has 2 saturated heterocycles. The third-order valence-corrected chi connectivity index (χ3v) is 7.11. The second-order valence-electron chi connectivity index (χ2n) is 9.22. The van der Waals surface area contributed by atoms with Gasteiger partial charge in [-0.05, 0) is 51.4 Å². The van der Waals surface area contributed by atoms with Gasteiger partial charge in [0.25, 0.3) is 5.56 Å². The SMILES string of the molecule is O=C1CCCN1CCCC(=O)N1CCCC(c2cc3nc4c(c(=O)n3[nH]2)CCCC4)C1. The van der Waals surface area contributed by atoms with Gasteiger partial charge in [0.2, 0.25) is 11.8 Å². The number of amides is 2. The number of aromatic amines is 1. The number of rotatable bonds is 5. The number of aryl methyl sites for hydroxylation is 1. The molecule has 1 N–H and O–H groups in total. The molecule has 0 aromatic carbocycles. The van der Waals surface area contributed by atoms with Crippen LogP contribution < -0.4 is 5.56 Å². The number of piperidine rings is 1. The fourth-order valence-electron chi connectivity index (χ4n) is 5.36. The minimum absolute atomic E-state index is 0.0335. The summed E-state index contributed by atoms with van der Waals surface area (Å²) >= 11 is 0. The number of carbonyl (C=O) groups excluding carboxylic acids is 2. The summed E-state index contributed by atoms with van der Waals surface area (Å²) in [6.07, 6.45) is 8.58. The van der Waals surface area contributed by atoms with Gasteiger partial charge in [-0.2, -0.15) is 0 Å². The molecule has 1 atom stereocenters. The highest BCUT2D eigenvalue weighted by Crippen LogP contribution is 2.27. The van der Waals surface area contributed by atoms with Crippen molar-refractivity contribution >= 4 is 17.5 Å². The van der Waals surface area contributed by atoms with Crippen LogP contribution in [0.4, 0.5) is 0 Å². The van der Waals surface area contributed by atoms with Gasteiger partial charge in [-0.1, -0.05) is 0 Å². The molecular formula is C23H31N5O3. The predicted octanol–water partition coefficient (Wildman–Crippen LogP) is 2.01. The van der Waals surface area contributed by atoms with E-state index in [1.807, 2.05) is 15.9 Å². The van der Waals surface area contributed by atoms with E-state index in [-0.39, 0.29) is 23.3 Å². The summed E-state index contributed by atoms with van der Waals surface area (Å²) in [4.78, 5) is 46.0. The van der Waals surface area contributed by atoms with Crippen LogP contribution in [0, 0.1) is 0 Å². The molecule has 8 nitrogen and oxygen atoms in total. The van der Waals surface area contributed by atoms with E-state index in [0.717, 1.165) is 81.4 Å². The first-order chi connectivity index (χ1) is 15.1. The lowest BCUT2D eigenvalue weighted by molar-refractivity contribution is -0.133. The Balaban J connectivity index is 1.25. The Labute approximate surface area is 181 Å². The molecule has 5 rings (SSSR count). The van der Waals surface area contributed by atoms with E-state index in [4.69, 9.17) is 4.98 Å². The maximum atomic E-state index is 12.9. The Kier molecular flexibility index (Phi) is 5.54. The molecule has 1 unspecified atom stereocenters. The predicted molar refractivity (Wildman–Crippen MR) is 116 cm³/mol. The van der Waals surface area contributed by atoms with Gasteiger partial charge in [-0.15, -0.1) is 0 Å². The maximum absolute atomic E-state index is 12.9. The number of hydrogen-bond acceptors (Lipinski definition) is 4. The van der Waals surface area contributed by atoms with Crippen LogP contribution in [-0.2, 0) is 22.4 Å². The molecule has 0 bridgehead atoms. The lowest BCUT2D eigenvalue weighted by Crippen LogP contribution is -2.39. The molecule has 3 aliphatic rings. The summed E-state index contributed by atoms with van der Waals surface area (Å²) in [7, 11) is 0. The molecule has 0 saturated carbocycles. The van der Waals surface area contributed by atoms with Crippen molar-refractivity contribution in [2.45, 2.75) is 70.1 Å². The first-order valence-electron chi connectivity index (χ1n) is 11.8. The fraction of sp³-hybridized carbons (Fsp3) is 0.652. The number of hydrogen-bond donors (Lipinski definition) is 1. The van der Waals surface area contributed by atoms with Crippen molar-refractivity contribution in [1.29, 1.82) is 0 Å². The summed E-state index contributed by atoms with van der Waals surface area (Å²) in [5.41, 5.74) is 3.53. The third kappa shape index (κ3) is 4.00. The molecule has 2 aromatic rings. The lowest BCUT2D eigenvalue weighted by Gasteiger charge is -2.32. The zero-order valence-corrected chi connectivity index (χ0v) is 18.1. The Bertz CT molecular complexity index is 1060. The van der Waals surface area contributed by atoms with Crippen LogP contribution in [0.2, 0.25) is 0 Å². The summed E-state index contributed by atoms with van der Waals surface area (Å²) < 4.78 is 1.59. The molecule has 2 amide bonds. The molecule has 2 aromatic heterocycles. The molecule has 0 radical (unpaired) electrons. The highest BCUT2D eigenvalue weighted by atomic mass is 16.2. The van der Waals surface area contributed by atoms with Crippen LogP contribution in [-0.4, -0.2) is 62.4 Å². The number of carbonyl (C=O) groups is 2. The second kappa shape index (κ2) is 8.48. The van der Waals surface area contributed by atoms with Gasteiger partial charge in [0.15, 0.2) is 5.65 Å². The van der Waals surface area contributed by atoms with Crippen LogP contribution in [0.1, 0.15) is 74.2 Å². The number of nitrogens with zero attached hydrogens (tertiary/aromatic N) is 4. The third-order valence-electron chi connectivity index (χ3n) is 7.11. The number of fused-ring (bicyclic) bond motifs is 2. The summed E-state index contributed by atoms with van der Waals surface area (Å²) in [5.74, 6) is 0.573. The largest absolute Gasteiger partial charge is 0.343 e. The quantitative estimate of drug-likeness (QED) is 0.793. The van der Waals surface area contributed by atoms with Gasteiger partial charge in [-0.3, -0.25) is 19.5 Å². The normalized spacial score (nSPS) is 21.7. The minimum atomic E-state index is 0.0335. The van der Waals surface area contributed by atoms with Crippen LogP contribution in [0.15, 0.2) is 10.9 Å². The molecule has 1 aliphatic carbocycles. The van der Waals surface area contributed by atoms with E-state index >= 15 is 0 Å². The van der Waals surface area contributed by atoms with E-state index in [2.05, 4.69) is 5.10 Å². The molecule has 4 heterocycles. The molecule has 0 spiro atoms. The van der Waals surface area contributed by atoms with E-state index in [1.165, 1.54) is 0 Å². The number of nitrogens with one attached hydrogen (secondary N) is 1. The van der Waals surface area contributed by atoms with Gasteiger partial charge in [0, 0.05) is 62.3 Å². The van der Waals surface area contributed by atoms with E-state index in [9.17, 15) is 14.4 Å². The average Bonchev–Trinajstić information content (AvgIpc) is 3.40. The molecule has 31 heavy (non-hydrogen) atoms. The van der Waals surface area contributed by atoms with Gasteiger partial charge in [-0.25, -0.2) is 9.50 Å². The molecule has 166 valence electrons. The first-order valence-corrected chi connectivity index (χ1v) is 11.8. The van der Waals surface area contributed by atoms with Crippen LogP contribution in [0.25, 0.3) is 5.65 Å². The van der Waals surface area contributed by atoms with E-state index < -0.39 is 0 Å². The summed E-state index contributed by atoms with van der Waals surface area (Å²) in [6.45, 7) is 2.96. The van der Waals surface area contributed by atoms with Crippen molar-refractivity contribution in [3.05, 3.63) is 33.4 Å².